The molecule has 1 N–H and O–H groups in total. The minimum Gasteiger partial charge on any atom is -0.496 e. The Labute approximate surface area is 187 Å². The van der Waals surface area contributed by atoms with E-state index in [9.17, 15) is 9.90 Å². The molecule has 1 heterocycles. The molecule has 3 aromatic carbocycles. The lowest BCUT2D eigenvalue weighted by Crippen LogP contribution is -2.33. The highest BCUT2D eigenvalue weighted by molar-refractivity contribution is 5.96. The van der Waals surface area contributed by atoms with Gasteiger partial charge in [0.1, 0.15) is 30.1 Å². The van der Waals surface area contributed by atoms with E-state index in [0.717, 1.165) is 16.3 Å². The molecule has 0 saturated heterocycles. The molecule has 3 aromatic rings. The van der Waals surface area contributed by atoms with Gasteiger partial charge in [0.05, 0.1) is 19.3 Å². The zero-order valence-electron chi connectivity index (χ0n) is 18.8. The van der Waals surface area contributed by atoms with Gasteiger partial charge in [0.15, 0.2) is 0 Å². The van der Waals surface area contributed by atoms with E-state index in [1.54, 1.807) is 27.9 Å². The molecule has 6 heteroatoms. The number of esters is 1. The zero-order chi connectivity index (χ0) is 22.9. The number of carbonyl (C=O) groups excluding carboxylic acids is 1. The van der Waals surface area contributed by atoms with Crippen LogP contribution in [0.1, 0.15) is 43.9 Å². The Bertz CT molecular complexity index is 1130. The maximum atomic E-state index is 12.6. The Kier molecular flexibility index (Phi) is 5.84. The van der Waals surface area contributed by atoms with Crippen molar-refractivity contribution in [2.75, 3.05) is 7.11 Å². The van der Waals surface area contributed by atoms with Crippen molar-refractivity contribution < 1.29 is 28.8 Å². The van der Waals surface area contributed by atoms with Crippen LogP contribution in [-0.2, 0) is 33.3 Å². The maximum absolute atomic E-state index is 12.6. The van der Waals surface area contributed by atoms with Gasteiger partial charge in [0.25, 0.3) is 0 Å². The van der Waals surface area contributed by atoms with E-state index in [0.29, 0.717) is 29.2 Å². The summed E-state index contributed by atoms with van der Waals surface area (Å²) in [5.74, 6) is -1.37. The van der Waals surface area contributed by atoms with Crippen molar-refractivity contribution in [2.24, 2.45) is 0 Å². The molecular formula is C26H28O6. The van der Waals surface area contributed by atoms with Crippen molar-refractivity contribution in [2.45, 2.75) is 51.8 Å². The van der Waals surface area contributed by atoms with Crippen LogP contribution in [0.3, 0.4) is 0 Å². The predicted molar refractivity (Wildman–Crippen MR) is 120 cm³/mol. The fourth-order valence-corrected chi connectivity index (χ4v) is 4.07. The first kappa shape index (κ1) is 22.1. The summed E-state index contributed by atoms with van der Waals surface area (Å²) < 4.78 is 23.2. The van der Waals surface area contributed by atoms with Gasteiger partial charge in [-0.15, -0.1) is 0 Å². The number of ether oxygens (including phenoxy) is 4. The highest BCUT2D eigenvalue weighted by atomic mass is 16.6. The average Bonchev–Trinajstić information content (AvgIpc) is 3.07. The summed E-state index contributed by atoms with van der Waals surface area (Å²) in [7, 11) is 1.58. The van der Waals surface area contributed by atoms with Crippen LogP contribution in [0.2, 0.25) is 0 Å². The fraction of sp³-hybridized carbons (Fsp3) is 0.346. The second kappa shape index (κ2) is 8.45. The second-order valence-corrected chi connectivity index (χ2v) is 8.87. The lowest BCUT2D eigenvalue weighted by molar-refractivity contribution is -0.218. The smallest absolute Gasteiger partial charge is 0.312 e. The summed E-state index contributed by atoms with van der Waals surface area (Å²) in [5, 5.41) is 13.1. The van der Waals surface area contributed by atoms with Gasteiger partial charge in [-0.05, 0) is 26.3 Å². The van der Waals surface area contributed by atoms with Crippen molar-refractivity contribution in [1.29, 1.82) is 0 Å². The van der Waals surface area contributed by atoms with Crippen LogP contribution in [-0.4, -0.2) is 23.8 Å². The van der Waals surface area contributed by atoms with E-state index < -0.39 is 17.4 Å². The molecule has 1 atom stereocenters. The number of methoxy groups -OCH3 is 1. The van der Waals surface area contributed by atoms with Gasteiger partial charge in [-0.1, -0.05) is 54.6 Å². The fourth-order valence-electron chi connectivity index (χ4n) is 4.07. The van der Waals surface area contributed by atoms with E-state index >= 15 is 0 Å². The molecule has 0 amide bonds. The van der Waals surface area contributed by atoms with Crippen molar-refractivity contribution >= 4 is 16.7 Å². The largest absolute Gasteiger partial charge is 0.496 e. The number of carbonyl (C=O) groups is 1. The SMILES string of the molecule is COc1c2c(c(OCc3ccccc3)c3ccccc13)C(O)(CC(=O)OC(C)(C)C)OC2. The van der Waals surface area contributed by atoms with Gasteiger partial charge >= 0.3 is 5.97 Å². The monoisotopic (exact) mass is 436 g/mol. The quantitative estimate of drug-likeness (QED) is 0.558. The van der Waals surface area contributed by atoms with Crippen molar-refractivity contribution in [3.05, 3.63) is 71.3 Å². The Morgan fingerprint density at radius 3 is 2.28 bits per heavy atom. The third kappa shape index (κ3) is 4.29. The molecule has 0 bridgehead atoms. The number of benzene rings is 3. The van der Waals surface area contributed by atoms with Crippen LogP contribution in [0.4, 0.5) is 0 Å². The van der Waals surface area contributed by atoms with Crippen LogP contribution < -0.4 is 9.47 Å². The summed E-state index contributed by atoms with van der Waals surface area (Å²) in [6.07, 6.45) is -0.361. The third-order valence-corrected chi connectivity index (χ3v) is 5.30. The second-order valence-electron chi connectivity index (χ2n) is 8.87. The molecule has 168 valence electrons. The van der Waals surface area contributed by atoms with Crippen LogP contribution in [0.25, 0.3) is 10.8 Å². The molecule has 0 radical (unpaired) electrons. The summed E-state index contributed by atoms with van der Waals surface area (Å²) in [4.78, 5) is 12.6. The van der Waals surface area contributed by atoms with E-state index in [1.807, 2.05) is 54.6 Å². The molecule has 1 aliphatic heterocycles. The molecular weight excluding hydrogens is 408 g/mol. The molecule has 6 nitrogen and oxygen atoms in total. The molecule has 32 heavy (non-hydrogen) atoms. The molecule has 1 aliphatic rings. The van der Waals surface area contributed by atoms with Crippen molar-refractivity contribution in [3.63, 3.8) is 0 Å². The molecule has 0 saturated carbocycles. The summed E-state index contributed by atoms with van der Waals surface area (Å²) in [6.45, 7) is 5.73. The Morgan fingerprint density at radius 1 is 1.03 bits per heavy atom. The van der Waals surface area contributed by atoms with Gasteiger partial charge in [0.2, 0.25) is 5.79 Å². The third-order valence-electron chi connectivity index (χ3n) is 5.30. The van der Waals surface area contributed by atoms with E-state index in [1.165, 1.54) is 0 Å². The highest BCUT2D eigenvalue weighted by Gasteiger charge is 2.46. The molecule has 1 unspecified atom stereocenters. The maximum Gasteiger partial charge on any atom is 0.312 e. The topological polar surface area (TPSA) is 74.2 Å². The van der Waals surface area contributed by atoms with Crippen LogP contribution in [0, 0.1) is 0 Å². The Hall–Kier alpha value is -3.09. The zero-order valence-corrected chi connectivity index (χ0v) is 18.8. The van der Waals surface area contributed by atoms with Gasteiger partial charge < -0.3 is 24.1 Å². The summed E-state index contributed by atoms with van der Waals surface area (Å²) in [5.41, 5.74) is 1.38. The minimum atomic E-state index is -1.89. The number of aliphatic hydroxyl groups is 1. The van der Waals surface area contributed by atoms with Crippen molar-refractivity contribution in [1.82, 2.24) is 0 Å². The number of hydrogen-bond acceptors (Lipinski definition) is 6. The lowest BCUT2D eigenvalue weighted by Gasteiger charge is -2.27. The first-order valence-electron chi connectivity index (χ1n) is 10.6. The molecule has 0 aromatic heterocycles. The van der Waals surface area contributed by atoms with Gasteiger partial charge in [-0.3, -0.25) is 4.79 Å². The van der Waals surface area contributed by atoms with E-state index in [4.69, 9.17) is 18.9 Å². The number of rotatable bonds is 6. The lowest BCUT2D eigenvalue weighted by atomic mass is 9.93. The van der Waals surface area contributed by atoms with E-state index in [2.05, 4.69) is 0 Å². The molecule has 0 fully saturated rings. The first-order valence-corrected chi connectivity index (χ1v) is 10.6. The van der Waals surface area contributed by atoms with Crippen LogP contribution in [0.15, 0.2) is 54.6 Å². The molecule has 4 rings (SSSR count). The average molecular weight is 437 g/mol. The Morgan fingerprint density at radius 2 is 1.66 bits per heavy atom. The number of hydrogen-bond donors (Lipinski definition) is 1. The van der Waals surface area contributed by atoms with Gasteiger partial charge in [-0.2, -0.15) is 0 Å². The molecule has 0 aliphatic carbocycles. The number of fused-ring (bicyclic) bond motifs is 2. The standard InChI is InChI=1S/C26H28O6/c1-25(2,3)32-21(27)14-26(28)22-20(16-31-26)23(29-4)18-12-8-9-13-19(18)24(22)30-15-17-10-6-5-7-11-17/h5-13,28H,14-16H2,1-4H3. The van der Waals surface area contributed by atoms with E-state index in [-0.39, 0.29) is 13.0 Å². The Balaban J connectivity index is 1.82. The first-order chi connectivity index (χ1) is 15.2. The summed E-state index contributed by atoms with van der Waals surface area (Å²) >= 11 is 0. The van der Waals surface area contributed by atoms with Crippen molar-refractivity contribution in [3.8, 4) is 11.5 Å². The van der Waals surface area contributed by atoms with Gasteiger partial charge in [-0.25, -0.2) is 0 Å². The molecule has 0 spiro atoms. The van der Waals surface area contributed by atoms with Crippen LogP contribution in [0.5, 0.6) is 11.5 Å². The minimum absolute atomic E-state index is 0.0876. The van der Waals surface area contributed by atoms with Gasteiger partial charge in [0, 0.05) is 16.3 Å². The summed E-state index contributed by atoms with van der Waals surface area (Å²) in [6, 6.07) is 17.4. The van der Waals surface area contributed by atoms with Crippen LogP contribution >= 0.6 is 0 Å². The predicted octanol–water partition coefficient (Wildman–Crippen LogP) is 4.83. The highest BCUT2D eigenvalue weighted by Crippen LogP contribution is 2.51. The normalized spacial score (nSPS) is 17.8.